The Labute approximate surface area is 516 Å². The fourth-order valence-electron chi connectivity index (χ4n) is 11.2. The van der Waals surface area contributed by atoms with Crippen LogP contribution in [0, 0.1) is 13.8 Å². The monoisotopic (exact) mass is 1320 g/mol. The van der Waals surface area contributed by atoms with Crippen molar-refractivity contribution in [1.29, 1.82) is 0 Å². The number of nitrogens with zero attached hydrogens (tertiary/aromatic N) is 2. The number of anilines is 3. The van der Waals surface area contributed by atoms with Gasteiger partial charge in [-0.15, -0.1) is 0 Å². The molecule has 1 aromatic heterocycles. The smallest absolute Gasteiger partial charge is 0.208 e. The standard InChI is InChI=1S/C57H48N2O35/c1-5-6(2)25(63)57-16(23(5)61)17-39(77)49(87)38(76)15(56(17)94-57)14-33(71)46(84)22(47(85)34(14)72)59(21-44(82)31(69)12(32(70)45(21)83)13-36(74)52(90)55(93)53(91)37(13)75)20-42(80)29(67)11(30(68)43(20)81)10-27(65)19(41(79)50(88)35(10)73)58-4-8(60)26(64)48(86)24(62)7(3)9-18(58)40(78)54(92)51(89)28(9)66/h22,31,44,46,60-93H,3-4H2,1-2H3/b26-8-,48-24-. The molecule has 496 valence electrons. The summed E-state index contributed by atoms with van der Waals surface area (Å²) in [7, 11) is 0. The quantitative estimate of drug-likeness (QED) is 0.0769. The van der Waals surface area contributed by atoms with Gasteiger partial charge in [-0.2, -0.15) is 0 Å². The second-order valence-electron chi connectivity index (χ2n) is 21.0. The van der Waals surface area contributed by atoms with Crippen molar-refractivity contribution in [2.75, 3.05) is 16.3 Å². The highest BCUT2D eigenvalue weighted by Gasteiger charge is 2.52. The number of benzene rings is 6. The van der Waals surface area contributed by atoms with Crippen LogP contribution in [0.15, 0.2) is 68.5 Å². The SMILES string of the molecule is C=C1/C(O)=C(O)\C(O)=C(\O)CN(c2c(O)c(O)c(O)c(-c3c(O)c(O)c(N(C4=C(O)C(O)=C(c5c(O)c(O)c(O)c(O)c5O)C(O)C4O)C4C(O)=C(O)C(c5c(O)c(O)c(O)c6c5oc5c(O)c(C)c(C)c(O)c56)=C(O)C4O)c(O)c3O)c2O)c2c(O)c(O)c(O)c(O)c21. The van der Waals surface area contributed by atoms with Crippen molar-refractivity contribution in [3.05, 3.63) is 91.9 Å². The van der Waals surface area contributed by atoms with Crippen LogP contribution < -0.4 is 9.80 Å². The van der Waals surface area contributed by atoms with Crippen molar-refractivity contribution < 1.29 is 178 Å². The summed E-state index contributed by atoms with van der Waals surface area (Å²) in [6, 6.07) is -3.28. The zero-order valence-corrected chi connectivity index (χ0v) is 46.7. The van der Waals surface area contributed by atoms with E-state index in [1.807, 2.05) is 0 Å². The van der Waals surface area contributed by atoms with Crippen molar-refractivity contribution >= 4 is 55.7 Å². The maximum Gasteiger partial charge on any atom is 0.208 e. The van der Waals surface area contributed by atoms with E-state index in [1.54, 1.807) is 0 Å². The highest BCUT2D eigenvalue weighted by atomic mass is 16.4. The number of phenolic OH excluding ortho intramolecular Hbond substituents is 22. The molecule has 2 heterocycles. The van der Waals surface area contributed by atoms with Crippen LogP contribution in [0.5, 0.6) is 126 Å². The van der Waals surface area contributed by atoms with Crippen molar-refractivity contribution in [1.82, 2.24) is 0 Å². The molecule has 34 N–H and O–H groups in total. The van der Waals surface area contributed by atoms with Gasteiger partial charge in [0.25, 0.3) is 0 Å². The summed E-state index contributed by atoms with van der Waals surface area (Å²) in [6.45, 7) is 4.20. The number of fused-ring (bicyclic) bond motifs is 4. The number of furan rings is 1. The second-order valence-corrected chi connectivity index (χ2v) is 21.0. The van der Waals surface area contributed by atoms with E-state index < -0.39 is 303 Å². The molecular formula is C57H48N2O35. The van der Waals surface area contributed by atoms with Crippen LogP contribution in [0.2, 0.25) is 0 Å². The molecule has 0 saturated heterocycles. The third-order valence-electron chi connectivity index (χ3n) is 16.2. The lowest BCUT2D eigenvalue weighted by molar-refractivity contribution is 0.0603. The van der Waals surface area contributed by atoms with Crippen molar-refractivity contribution in [3.63, 3.8) is 0 Å². The number of hydrogen-bond acceptors (Lipinski definition) is 37. The number of hydrogen-bond donors (Lipinski definition) is 34. The number of rotatable bonds is 7. The van der Waals surface area contributed by atoms with Gasteiger partial charge < -0.3 is 188 Å². The van der Waals surface area contributed by atoms with Crippen LogP contribution in [0.25, 0.3) is 49.8 Å². The van der Waals surface area contributed by atoms with E-state index in [-0.39, 0.29) is 16.0 Å². The fourth-order valence-corrected chi connectivity index (χ4v) is 11.2. The van der Waals surface area contributed by atoms with Gasteiger partial charge in [-0.3, -0.25) is 0 Å². The topological polar surface area (TPSA) is 707 Å². The van der Waals surface area contributed by atoms with E-state index in [1.165, 1.54) is 13.8 Å². The zero-order chi connectivity index (χ0) is 70.2. The molecule has 4 unspecified atom stereocenters. The van der Waals surface area contributed by atoms with Crippen LogP contribution in [0.1, 0.15) is 27.8 Å². The van der Waals surface area contributed by atoms with Crippen LogP contribution >= 0.6 is 0 Å². The van der Waals surface area contributed by atoms with Crippen LogP contribution in [-0.4, -0.2) is 205 Å². The lowest BCUT2D eigenvalue weighted by Gasteiger charge is -2.43. The molecule has 1 aliphatic heterocycles. The molecule has 0 saturated carbocycles. The Morgan fingerprint density at radius 3 is 1.33 bits per heavy atom. The third-order valence-corrected chi connectivity index (χ3v) is 16.2. The average molecular weight is 1320 g/mol. The first-order valence-electron chi connectivity index (χ1n) is 25.9. The molecule has 3 aliphatic rings. The van der Waals surface area contributed by atoms with Crippen molar-refractivity contribution in [2.45, 2.75) is 38.2 Å². The van der Waals surface area contributed by atoms with Gasteiger partial charge in [0.15, 0.2) is 126 Å². The van der Waals surface area contributed by atoms with Crippen molar-refractivity contribution in [2.24, 2.45) is 0 Å². The molecule has 2 aliphatic carbocycles. The predicted molar refractivity (Wildman–Crippen MR) is 311 cm³/mol. The first-order chi connectivity index (χ1) is 43.7. The zero-order valence-electron chi connectivity index (χ0n) is 46.7. The van der Waals surface area contributed by atoms with Gasteiger partial charge in [-0.05, 0) is 19.4 Å². The van der Waals surface area contributed by atoms with Gasteiger partial charge in [-0.25, -0.2) is 0 Å². The minimum absolute atomic E-state index is 0.0113. The first-order valence-corrected chi connectivity index (χ1v) is 25.9. The lowest BCUT2D eigenvalue weighted by atomic mass is 9.84. The molecule has 0 fully saturated rings. The lowest BCUT2D eigenvalue weighted by Crippen LogP contribution is -2.52. The van der Waals surface area contributed by atoms with E-state index in [4.69, 9.17) is 4.42 Å². The second kappa shape index (κ2) is 20.8. The van der Waals surface area contributed by atoms with Gasteiger partial charge >= 0.3 is 0 Å². The molecule has 10 rings (SSSR count). The molecule has 94 heavy (non-hydrogen) atoms. The van der Waals surface area contributed by atoms with Gasteiger partial charge in [0.05, 0.1) is 56.4 Å². The number of phenols is 22. The Hall–Kier alpha value is -13.4. The predicted octanol–water partition coefficient (Wildman–Crippen LogP) is 4.53. The molecule has 37 nitrogen and oxygen atoms in total. The molecule has 0 spiro atoms. The van der Waals surface area contributed by atoms with Crippen LogP contribution in [0.4, 0.5) is 17.1 Å². The summed E-state index contributed by atoms with van der Waals surface area (Å²) in [4.78, 5) is -0.382. The molecule has 6 aromatic carbocycles. The van der Waals surface area contributed by atoms with Gasteiger partial charge in [0, 0.05) is 16.7 Å². The van der Waals surface area contributed by atoms with E-state index in [9.17, 15) is 174 Å². The van der Waals surface area contributed by atoms with Crippen LogP contribution in [0.3, 0.4) is 0 Å². The maximum absolute atomic E-state index is 12.3. The van der Waals surface area contributed by atoms with Gasteiger partial charge in [0.1, 0.15) is 52.9 Å². The number of allylic oxidation sites excluding steroid dienone is 2. The number of aromatic hydroxyl groups is 22. The summed E-state index contributed by atoms with van der Waals surface area (Å²) in [5.41, 5.74) is -20.9. The first kappa shape index (κ1) is 63.6. The average Bonchev–Trinajstić information content (AvgIpc) is 1.32. The largest absolute Gasteiger partial charge is 0.509 e. The van der Waals surface area contributed by atoms with Crippen LogP contribution in [-0.2, 0) is 0 Å². The fraction of sp³-hybridized carbons (Fsp3) is 0.123. The number of aliphatic hydroxyl groups is 12. The van der Waals surface area contributed by atoms with E-state index in [2.05, 4.69) is 6.58 Å². The molecular weight excluding hydrogens is 1270 g/mol. The molecule has 7 aromatic rings. The molecule has 0 bridgehead atoms. The van der Waals surface area contributed by atoms with Gasteiger partial charge in [-0.1, -0.05) is 6.58 Å². The number of aliphatic hydroxyl groups excluding tert-OH is 12. The van der Waals surface area contributed by atoms with Crippen molar-refractivity contribution in [3.8, 4) is 138 Å². The summed E-state index contributed by atoms with van der Waals surface area (Å²) in [5.74, 6) is -54.6. The summed E-state index contributed by atoms with van der Waals surface area (Å²) in [6.07, 6.45) is -9.79. The van der Waals surface area contributed by atoms with E-state index >= 15 is 0 Å². The normalized spacial score (nSPS) is 19.8. The van der Waals surface area contributed by atoms with Gasteiger partial charge in [0.2, 0.25) is 51.8 Å². The Balaban J connectivity index is 1.29. The van der Waals surface area contributed by atoms with E-state index in [0.29, 0.717) is 0 Å². The minimum Gasteiger partial charge on any atom is -0.509 e. The molecule has 37 heteroatoms. The minimum atomic E-state index is -3.31. The molecule has 4 atom stereocenters. The highest BCUT2D eigenvalue weighted by molar-refractivity contribution is 6.18. The molecule has 0 amide bonds. The summed E-state index contributed by atoms with van der Waals surface area (Å²) >= 11 is 0. The maximum atomic E-state index is 12.3. The summed E-state index contributed by atoms with van der Waals surface area (Å²) in [5, 5.41) is 386. The Morgan fingerprint density at radius 1 is 0.351 bits per heavy atom. The Kier molecular flexibility index (Phi) is 14.1. The highest BCUT2D eigenvalue weighted by Crippen LogP contribution is 2.67. The van der Waals surface area contributed by atoms with E-state index in [0.717, 1.165) is 0 Å². The summed E-state index contributed by atoms with van der Waals surface area (Å²) < 4.78 is 5.71. The Bertz CT molecular complexity index is 4830. The molecule has 0 radical (unpaired) electrons. The Morgan fingerprint density at radius 2 is 0.777 bits per heavy atom. The third kappa shape index (κ3) is 8.04.